The number of thiol groups is 1. The molecular formula is C19H20FN3OS2. The molecular weight excluding hydrogens is 369 g/mol. The van der Waals surface area contributed by atoms with Crippen molar-refractivity contribution in [3.8, 4) is 0 Å². The highest BCUT2D eigenvalue weighted by Crippen LogP contribution is 2.39. The van der Waals surface area contributed by atoms with E-state index in [1.54, 1.807) is 24.4 Å². The molecule has 1 saturated heterocycles. The average Bonchev–Trinajstić information content (AvgIpc) is 3.37. The van der Waals surface area contributed by atoms with Gasteiger partial charge in [0.25, 0.3) is 0 Å². The number of aromatic nitrogens is 2. The van der Waals surface area contributed by atoms with E-state index in [9.17, 15) is 9.18 Å². The van der Waals surface area contributed by atoms with Crippen molar-refractivity contribution in [2.24, 2.45) is 5.92 Å². The maximum atomic E-state index is 14.5. The summed E-state index contributed by atoms with van der Waals surface area (Å²) in [6.45, 7) is 1.31. The molecule has 2 aliphatic rings. The fourth-order valence-electron chi connectivity index (χ4n) is 3.50. The Kier molecular flexibility index (Phi) is 5.20. The summed E-state index contributed by atoms with van der Waals surface area (Å²) < 4.78 is 22.8. The fourth-order valence-corrected chi connectivity index (χ4v) is 4.17. The fraction of sp³-hybridized carbons (Fsp3) is 0.421. The standard InChI is InChI=1S/C19H20FN3OS2/c20-16-4-2-1-3-15(16)18(19(24)12-5-6-12)23-8-7-17(25)13(11-23)9-14-10-21-26-22-14/h1-4,9-10,12,17-18,25H,5-8,11H2/b13-9-. The smallest absolute Gasteiger partial charge is 0.157 e. The molecule has 2 fully saturated rings. The van der Waals surface area contributed by atoms with E-state index >= 15 is 0 Å². The number of carbonyl (C=O) groups is 1. The summed E-state index contributed by atoms with van der Waals surface area (Å²) in [5.74, 6) is -0.0976. The van der Waals surface area contributed by atoms with Crippen LogP contribution in [0.15, 0.2) is 36.0 Å². The van der Waals surface area contributed by atoms with Crippen LogP contribution in [-0.2, 0) is 4.79 Å². The minimum absolute atomic E-state index is 0.0727. The second-order valence-electron chi connectivity index (χ2n) is 6.93. The van der Waals surface area contributed by atoms with Gasteiger partial charge in [0.2, 0.25) is 0 Å². The molecule has 0 amide bonds. The number of carbonyl (C=O) groups excluding carboxylic acids is 1. The number of rotatable bonds is 5. The Balaban J connectivity index is 1.65. The first-order valence-corrected chi connectivity index (χ1v) is 10.1. The van der Waals surface area contributed by atoms with Gasteiger partial charge in [0.1, 0.15) is 5.82 Å². The minimum Gasteiger partial charge on any atom is -0.297 e. The second kappa shape index (κ2) is 7.58. The molecule has 0 N–H and O–H groups in total. The van der Waals surface area contributed by atoms with Crippen LogP contribution in [0, 0.1) is 11.7 Å². The van der Waals surface area contributed by atoms with Crippen LogP contribution in [0.1, 0.15) is 36.6 Å². The van der Waals surface area contributed by atoms with Crippen LogP contribution in [0.5, 0.6) is 0 Å². The van der Waals surface area contributed by atoms with E-state index in [1.165, 1.54) is 17.8 Å². The Bertz CT molecular complexity index is 820. The molecule has 2 heterocycles. The summed E-state index contributed by atoms with van der Waals surface area (Å²) in [6, 6.07) is 6.11. The van der Waals surface area contributed by atoms with E-state index < -0.39 is 6.04 Å². The Hall–Kier alpha value is -1.57. The third-order valence-corrected chi connectivity index (χ3v) is 6.11. The summed E-state index contributed by atoms with van der Waals surface area (Å²) in [7, 11) is 0. The molecule has 4 rings (SSSR count). The molecule has 136 valence electrons. The largest absolute Gasteiger partial charge is 0.297 e. The molecule has 0 bridgehead atoms. The van der Waals surface area contributed by atoms with Crippen molar-refractivity contribution in [2.75, 3.05) is 13.1 Å². The summed E-state index contributed by atoms with van der Waals surface area (Å²) in [5, 5.41) is 0.116. The number of halogens is 1. The molecule has 1 saturated carbocycles. The van der Waals surface area contributed by atoms with Crippen molar-refractivity contribution >= 4 is 36.2 Å². The predicted molar refractivity (Wildman–Crippen MR) is 104 cm³/mol. The Labute approximate surface area is 161 Å². The van der Waals surface area contributed by atoms with Crippen LogP contribution in [0.4, 0.5) is 4.39 Å². The molecule has 0 spiro atoms. The Morgan fingerprint density at radius 1 is 1.35 bits per heavy atom. The zero-order valence-electron chi connectivity index (χ0n) is 14.2. The second-order valence-corrected chi connectivity index (χ2v) is 8.11. The molecule has 1 aliphatic carbocycles. The zero-order chi connectivity index (χ0) is 18.1. The lowest BCUT2D eigenvalue weighted by Gasteiger charge is -2.37. The highest BCUT2D eigenvalue weighted by molar-refractivity contribution is 7.81. The van der Waals surface area contributed by atoms with Crippen LogP contribution >= 0.6 is 24.4 Å². The van der Waals surface area contributed by atoms with Gasteiger partial charge < -0.3 is 0 Å². The lowest BCUT2D eigenvalue weighted by atomic mass is 9.93. The first-order chi connectivity index (χ1) is 12.6. The number of nitrogens with zero attached hydrogens (tertiary/aromatic N) is 3. The van der Waals surface area contributed by atoms with E-state index in [2.05, 4.69) is 13.6 Å². The van der Waals surface area contributed by atoms with Gasteiger partial charge in [0.15, 0.2) is 5.78 Å². The molecule has 26 heavy (non-hydrogen) atoms. The maximum Gasteiger partial charge on any atom is 0.157 e. The van der Waals surface area contributed by atoms with Gasteiger partial charge in [-0.3, -0.25) is 9.69 Å². The molecule has 0 radical (unpaired) electrons. The van der Waals surface area contributed by atoms with E-state index in [-0.39, 0.29) is 22.8 Å². The van der Waals surface area contributed by atoms with Crippen molar-refractivity contribution in [3.63, 3.8) is 0 Å². The molecule has 2 unspecified atom stereocenters. The van der Waals surface area contributed by atoms with Gasteiger partial charge in [-0.1, -0.05) is 18.2 Å². The van der Waals surface area contributed by atoms with E-state index in [0.29, 0.717) is 12.1 Å². The summed E-state index contributed by atoms with van der Waals surface area (Å²) >= 11 is 5.86. The molecule has 1 aromatic heterocycles. The number of Topliss-reactive ketones (excluding diaryl/α,β-unsaturated/α-hetero) is 1. The lowest BCUT2D eigenvalue weighted by molar-refractivity contribution is -0.126. The maximum absolute atomic E-state index is 14.5. The van der Waals surface area contributed by atoms with Gasteiger partial charge in [-0.25, -0.2) is 4.39 Å². The van der Waals surface area contributed by atoms with Crippen LogP contribution < -0.4 is 0 Å². The van der Waals surface area contributed by atoms with Gasteiger partial charge in [-0.2, -0.15) is 21.4 Å². The minimum atomic E-state index is -0.526. The monoisotopic (exact) mass is 389 g/mol. The van der Waals surface area contributed by atoms with Gasteiger partial charge in [0, 0.05) is 29.8 Å². The topological polar surface area (TPSA) is 46.1 Å². The van der Waals surface area contributed by atoms with Crippen LogP contribution in [-0.4, -0.2) is 37.8 Å². The van der Waals surface area contributed by atoms with Gasteiger partial charge in [-0.15, -0.1) is 0 Å². The quantitative estimate of drug-likeness (QED) is 0.791. The zero-order valence-corrected chi connectivity index (χ0v) is 15.9. The number of piperidine rings is 1. The molecule has 1 aromatic carbocycles. The Morgan fingerprint density at radius 3 is 2.85 bits per heavy atom. The molecule has 2 aromatic rings. The van der Waals surface area contributed by atoms with Crippen molar-refractivity contribution in [1.82, 2.24) is 13.6 Å². The van der Waals surface area contributed by atoms with Crippen LogP contribution in [0.3, 0.4) is 0 Å². The third-order valence-electron chi connectivity index (χ3n) is 5.03. The van der Waals surface area contributed by atoms with Crippen molar-refractivity contribution in [2.45, 2.75) is 30.6 Å². The van der Waals surface area contributed by atoms with Crippen molar-refractivity contribution < 1.29 is 9.18 Å². The number of hydrogen-bond donors (Lipinski definition) is 1. The van der Waals surface area contributed by atoms with Crippen LogP contribution in [0.2, 0.25) is 0 Å². The summed E-state index contributed by atoms with van der Waals surface area (Å²) in [6.07, 6.45) is 6.36. The number of benzene rings is 1. The molecule has 4 nitrogen and oxygen atoms in total. The molecule has 7 heteroatoms. The van der Waals surface area contributed by atoms with E-state index in [4.69, 9.17) is 12.6 Å². The highest BCUT2D eigenvalue weighted by atomic mass is 32.1. The predicted octanol–water partition coefficient (Wildman–Crippen LogP) is 3.79. The van der Waals surface area contributed by atoms with Gasteiger partial charge in [0.05, 0.1) is 29.7 Å². The van der Waals surface area contributed by atoms with Gasteiger partial charge in [-0.05, 0) is 37.0 Å². The first-order valence-electron chi connectivity index (χ1n) is 8.82. The summed E-state index contributed by atoms with van der Waals surface area (Å²) in [4.78, 5) is 15.1. The normalized spacial score (nSPS) is 23.9. The number of ketones is 1. The first kappa shape index (κ1) is 17.8. The van der Waals surface area contributed by atoms with Gasteiger partial charge >= 0.3 is 0 Å². The van der Waals surface area contributed by atoms with Crippen molar-refractivity contribution in [1.29, 1.82) is 0 Å². The summed E-state index contributed by atoms with van der Waals surface area (Å²) in [5.41, 5.74) is 2.38. The lowest BCUT2D eigenvalue weighted by Crippen LogP contribution is -2.42. The third kappa shape index (κ3) is 3.75. The molecule has 1 aliphatic heterocycles. The average molecular weight is 390 g/mol. The highest BCUT2D eigenvalue weighted by Gasteiger charge is 2.40. The van der Waals surface area contributed by atoms with E-state index in [0.717, 1.165) is 37.1 Å². The SMILES string of the molecule is O=C(C1CC1)C(c1ccccc1F)N1CCC(S)/C(=C\c2cnsn2)C1. The molecule has 2 atom stereocenters. The number of hydrogen-bond acceptors (Lipinski definition) is 6. The van der Waals surface area contributed by atoms with Crippen molar-refractivity contribution in [3.05, 3.63) is 53.1 Å². The number of likely N-dealkylation sites (tertiary alicyclic amines) is 1. The van der Waals surface area contributed by atoms with E-state index in [1.807, 2.05) is 6.08 Å². The Morgan fingerprint density at radius 2 is 2.15 bits per heavy atom. The van der Waals surface area contributed by atoms with Crippen LogP contribution in [0.25, 0.3) is 6.08 Å².